The highest BCUT2D eigenvalue weighted by Crippen LogP contribution is 2.08. The number of likely N-dealkylation sites (N-methyl/N-ethyl adjacent to an activating group) is 1. The van der Waals surface area contributed by atoms with Gasteiger partial charge in [-0.05, 0) is 44.0 Å². The Hall–Kier alpha value is -1.62. The predicted octanol–water partition coefficient (Wildman–Crippen LogP) is 2.06. The van der Waals surface area contributed by atoms with E-state index in [4.69, 9.17) is 5.73 Å². The summed E-state index contributed by atoms with van der Waals surface area (Å²) in [6.45, 7) is 4.38. The molecule has 0 unspecified atom stereocenters. The zero-order valence-electron chi connectivity index (χ0n) is 12.8. The molecule has 4 nitrogen and oxygen atoms in total. The Kier molecular flexibility index (Phi) is 5.99. The lowest BCUT2D eigenvalue weighted by Gasteiger charge is -2.27. The highest BCUT2D eigenvalue weighted by Gasteiger charge is 2.11. The number of hydrogen-bond acceptors (Lipinski definition) is 2. The summed E-state index contributed by atoms with van der Waals surface area (Å²) in [7, 11) is 2.04. The van der Waals surface area contributed by atoms with Gasteiger partial charge in [0.15, 0.2) is 5.96 Å². The molecule has 0 spiro atoms. The third-order valence-corrected chi connectivity index (χ3v) is 3.80. The van der Waals surface area contributed by atoms with Crippen molar-refractivity contribution in [2.24, 2.45) is 10.7 Å². The quantitative estimate of drug-likeness (QED) is 0.667. The number of nitrogens with two attached hydrogens (primary N) is 1. The smallest absolute Gasteiger partial charge is 0.191 e. The van der Waals surface area contributed by atoms with E-state index in [0.717, 1.165) is 31.7 Å². The molecule has 1 saturated heterocycles. The molecule has 0 aliphatic carbocycles. The zero-order chi connectivity index (χ0) is 15.1. The van der Waals surface area contributed by atoms with E-state index in [1.165, 1.54) is 31.4 Å². The van der Waals surface area contributed by atoms with Crippen molar-refractivity contribution in [2.45, 2.75) is 25.8 Å². The molecule has 1 aliphatic heterocycles. The molecule has 0 radical (unpaired) electrons. The number of halogens is 1. The Morgan fingerprint density at radius 3 is 2.57 bits per heavy atom. The first-order chi connectivity index (χ1) is 10.1. The second kappa shape index (κ2) is 7.98. The molecule has 21 heavy (non-hydrogen) atoms. The van der Waals surface area contributed by atoms with Crippen molar-refractivity contribution in [3.8, 4) is 0 Å². The molecule has 116 valence electrons. The minimum atomic E-state index is -0.194. The van der Waals surface area contributed by atoms with E-state index in [-0.39, 0.29) is 5.82 Å². The molecular weight excluding hydrogens is 267 g/mol. The van der Waals surface area contributed by atoms with E-state index in [1.54, 1.807) is 0 Å². The Morgan fingerprint density at radius 1 is 1.24 bits per heavy atom. The van der Waals surface area contributed by atoms with E-state index in [1.807, 2.05) is 19.2 Å². The van der Waals surface area contributed by atoms with Crippen LogP contribution < -0.4 is 5.73 Å². The number of nitrogens with zero attached hydrogens (tertiary/aromatic N) is 3. The number of guanidine groups is 1. The summed E-state index contributed by atoms with van der Waals surface area (Å²) in [6, 6.07) is 6.62. The van der Waals surface area contributed by atoms with Crippen molar-refractivity contribution in [1.82, 2.24) is 9.80 Å². The summed E-state index contributed by atoms with van der Waals surface area (Å²) >= 11 is 0. The molecule has 0 atom stereocenters. The maximum atomic E-state index is 12.8. The van der Waals surface area contributed by atoms with E-state index in [0.29, 0.717) is 12.5 Å². The Balaban J connectivity index is 1.72. The van der Waals surface area contributed by atoms with Gasteiger partial charge in [0.2, 0.25) is 0 Å². The van der Waals surface area contributed by atoms with Crippen molar-refractivity contribution >= 4 is 5.96 Å². The summed E-state index contributed by atoms with van der Waals surface area (Å²) in [5, 5.41) is 0. The van der Waals surface area contributed by atoms with E-state index in [9.17, 15) is 4.39 Å². The van der Waals surface area contributed by atoms with E-state index in [2.05, 4.69) is 14.8 Å². The molecule has 0 saturated carbocycles. The van der Waals surface area contributed by atoms with Gasteiger partial charge in [0, 0.05) is 26.2 Å². The van der Waals surface area contributed by atoms with Crippen molar-refractivity contribution in [3.05, 3.63) is 35.6 Å². The van der Waals surface area contributed by atoms with Crippen LogP contribution in [0.15, 0.2) is 29.3 Å². The minimum absolute atomic E-state index is 0.194. The van der Waals surface area contributed by atoms with Crippen LogP contribution in [0.5, 0.6) is 0 Å². The predicted molar refractivity (Wildman–Crippen MR) is 84.6 cm³/mol. The lowest BCUT2D eigenvalue weighted by Crippen LogP contribution is -2.41. The highest BCUT2D eigenvalue weighted by molar-refractivity contribution is 5.78. The molecule has 0 amide bonds. The first-order valence-electron chi connectivity index (χ1n) is 7.63. The van der Waals surface area contributed by atoms with Crippen LogP contribution in [0.3, 0.4) is 0 Å². The normalized spacial score (nSPS) is 16.5. The van der Waals surface area contributed by atoms with E-state index >= 15 is 0 Å². The van der Waals surface area contributed by atoms with Gasteiger partial charge in [-0.25, -0.2) is 4.39 Å². The number of benzene rings is 1. The standard InChI is InChI=1S/C16H25FN4/c1-20(13-14-5-7-15(17)8-6-14)12-9-19-16(18)21-10-3-2-4-11-21/h5-8H,2-4,9-13H2,1H3,(H2,18,19). The second-order valence-corrected chi connectivity index (χ2v) is 5.65. The molecule has 1 aliphatic rings. The summed E-state index contributed by atoms with van der Waals surface area (Å²) in [5.41, 5.74) is 7.12. The third kappa shape index (κ3) is 5.34. The lowest BCUT2D eigenvalue weighted by molar-refractivity contribution is 0.327. The Labute approximate surface area is 126 Å². The van der Waals surface area contributed by atoms with Crippen LogP contribution in [0.2, 0.25) is 0 Å². The van der Waals surface area contributed by atoms with Crippen LogP contribution in [0, 0.1) is 5.82 Å². The topological polar surface area (TPSA) is 44.9 Å². The van der Waals surface area contributed by atoms with Crippen LogP contribution in [0.1, 0.15) is 24.8 Å². The molecule has 0 bridgehead atoms. The first kappa shape index (κ1) is 15.8. The van der Waals surface area contributed by atoms with Gasteiger partial charge >= 0.3 is 0 Å². The zero-order valence-corrected chi connectivity index (χ0v) is 12.8. The van der Waals surface area contributed by atoms with Crippen LogP contribution in [0.4, 0.5) is 4.39 Å². The van der Waals surface area contributed by atoms with Crippen molar-refractivity contribution in [1.29, 1.82) is 0 Å². The molecule has 1 heterocycles. The summed E-state index contributed by atoms with van der Waals surface area (Å²) in [4.78, 5) is 8.80. The largest absolute Gasteiger partial charge is 0.370 e. The fraction of sp³-hybridized carbons (Fsp3) is 0.562. The average Bonchev–Trinajstić information content (AvgIpc) is 2.50. The molecule has 2 rings (SSSR count). The molecule has 5 heteroatoms. The third-order valence-electron chi connectivity index (χ3n) is 3.80. The highest BCUT2D eigenvalue weighted by atomic mass is 19.1. The Morgan fingerprint density at radius 2 is 1.90 bits per heavy atom. The van der Waals surface area contributed by atoms with Gasteiger partial charge in [0.1, 0.15) is 5.82 Å². The molecule has 1 fully saturated rings. The number of rotatable bonds is 5. The van der Waals surface area contributed by atoms with Crippen molar-refractivity contribution in [2.75, 3.05) is 33.2 Å². The monoisotopic (exact) mass is 292 g/mol. The van der Waals surface area contributed by atoms with Gasteiger partial charge in [0.25, 0.3) is 0 Å². The summed E-state index contributed by atoms with van der Waals surface area (Å²) in [5.74, 6) is 0.477. The maximum absolute atomic E-state index is 12.8. The van der Waals surface area contributed by atoms with Gasteiger partial charge in [-0.2, -0.15) is 0 Å². The lowest BCUT2D eigenvalue weighted by atomic mass is 10.1. The number of aliphatic imine (C=N–C) groups is 1. The summed E-state index contributed by atoms with van der Waals surface area (Å²) in [6.07, 6.45) is 3.71. The SMILES string of the molecule is CN(CCN=C(N)N1CCCCC1)Cc1ccc(F)cc1. The molecule has 1 aromatic rings. The number of piperidine rings is 1. The van der Waals surface area contributed by atoms with Gasteiger partial charge in [-0.15, -0.1) is 0 Å². The molecule has 0 aromatic heterocycles. The maximum Gasteiger partial charge on any atom is 0.191 e. The second-order valence-electron chi connectivity index (χ2n) is 5.65. The molecule has 1 aromatic carbocycles. The van der Waals surface area contributed by atoms with Crippen LogP contribution >= 0.6 is 0 Å². The Bertz CT molecular complexity index is 452. The van der Waals surface area contributed by atoms with Crippen LogP contribution in [-0.2, 0) is 6.54 Å². The van der Waals surface area contributed by atoms with Gasteiger partial charge in [0.05, 0.1) is 6.54 Å². The van der Waals surface area contributed by atoms with Crippen molar-refractivity contribution < 1.29 is 4.39 Å². The van der Waals surface area contributed by atoms with Crippen LogP contribution in [0.25, 0.3) is 0 Å². The average molecular weight is 292 g/mol. The van der Waals surface area contributed by atoms with Crippen LogP contribution in [-0.4, -0.2) is 49.0 Å². The number of likely N-dealkylation sites (tertiary alicyclic amines) is 1. The summed E-state index contributed by atoms with van der Waals surface area (Å²) < 4.78 is 12.8. The fourth-order valence-electron chi connectivity index (χ4n) is 2.54. The van der Waals surface area contributed by atoms with Crippen molar-refractivity contribution in [3.63, 3.8) is 0 Å². The van der Waals surface area contributed by atoms with Gasteiger partial charge < -0.3 is 15.5 Å². The number of hydrogen-bond donors (Lipinski definition) is 1. The first-order valence-corrected chi connectivity index (χ1v) is 7.63. The fourth-order valence-corrected chi connectivity index (χ4v) is 2.54. The van der Waals surface area contributed by atoms with Gasteiger partial charge in [-0.3, -0.25) is 4.99 Å². The van der Waals surface area contributed by atoms with Gasteiger partial charge in [-0.1, -0.05) is 12.1 Å². The van der Waals surface area contributed by atoms with E-state index < -0.39 is 0 Å². The molecule has 2 N–H and O–H groups in total. The minimum Gasteiger partial charge on any atom is -0.370 e. The molecular formula is C16H25FN4.